The fourth-order valence-electron chi connectivity index (χ4n) is 1.43. The summed E-state index contributed by atoms with van der Waals surface area (Å²) in [5, 5.41) is 3.90. The monoisotopic (exact) mass is 221 g/mol. The van der Waals surface area contributed by atoms with Crippen LogP contribution in [0.2, 0.25) is 0 Å². The third-order valence-corrected chi connectivity index (χ3v) is 2.19. The maximum absolute atomic E-state index is 5.47. The summed E-state index contributed by atoms with van der Waals surface area (Å²) in [5.41, 5.74) is 6.33. The van der Waals surface area contributed by atoms with Crippen molar-refractivity contribution in [1.82, 2.24) is 19.7 Å². The molecule has 2 aromatic heterocycles. The molecule has 0 amide bonds. The Morgan fingerprint density at radius 3 is 3.06 bits per heavy atom. The van der Waals surface area contributed by atoms with Crippen LogP contribution in [0, 0.1) is 0 Å². The molecule has 0 unspecified atom stereocenters. The Morgan fingerprint density at radius 1 is 1.50 bits per heavy atom. The third kappa shape index (κ3) is 2.46. The number of aromatic nitrogens is 4. The van der Waals surface area contributed by atoms with Gasteiger partial charge >= 0.3 is 0 Å². The Morgan fingerprint density at radius 2 is 2.38 bits per heavy atom. The van der Waals surface area contributed by atoms with Crippen LogP contribution < -0.4 is 5.73 Å². The quantitative estimate of drug-likeness (QED) is 0.804. The number of hydrogen-bond donors (Lipinski definition) is 1. The van der Waals surface area contributed by atoms with E-state index in [1.807, 2.05) is 10.8 Å². The Balaban J connectivity index is 2.02. The number of hydrogen-bond acceptors (Lipinski definition) is 5. The second-order valence-corrected chi connectivity index (χ2v) is 3.60. The van der Waals surface area contributed by atoms with E-state index in [9.17, 15) is 0 Å². The van der Waals surface area contributed by atoms with E-state index in [1.165, 1.54) is 0 Å². The highest BCUT2D eigenvalue weighted by atomic mass is 16.5. The van der Waals surface area contributed by atoms with E-state index >= 15 is 0 Å². The van der Waals surface area contributed by atoms with E-state index < -0.39 is 0 Å². The van der Waals surface area contributed by atoms with Crippen molar-refractivity contribution >= 4 is 0 Å². The molecule has 2 aromatic rings. The van der Waals surface area contributed by atoms with E-state index in [1.54, 1.807) is 6.33 Å². The lowest BCUT2D eigenvalue weighted by Gasteiger charge is -1.94. The zero-order chi connectivity index (χ0) is 11.4. The van der Waals surface area contributed by atoms with Crippen molar-refractivity contribution in [1.29, 1.82) is 0 Å². The van der Waals surface area contributed by atoms with Gasteiger partial charge in [0.15, 0.2) is 5.82 Å². The van der Waals surface area contributed by atoms with Crippen molar-refractivity contribution in [3.8, 4) is 0 Å². The van der Waals surface area contributed by atoms with E-state index in [-0.39, 0.29) is 0 Å². The van der Waals surface area contributed by atoms with Gasteiger partial charge in [0.1, 0.15) is 0 Å². The Hall–Kier alpha value is -1.69. The van der Waals surface area contributed by atoms with Crippen molar-refractivity contribution < 1.29 is 4.52 Å². The molecule has 0 saturated carbocycles. The van der Waals surface area contributed by atoms with Crippen molar-refractivity contribution in [2.75, 3.05) is 0 Å². The van der Waals surface area contributed by atoms with Gasteiger partial charge in [-0.3, -0.25) is 0 Å². The zero-order valence-corrected chi connectivity index (χ0v) is 9.26. The van der Waals surface area contributed by atoms with Crippen LogP contribution in [0.5, 0.6) is 0 Å². The molecule has 0 atom stereocenters. The molecule has 2 N–H and O–H groups in total. The summed E-state index contributed by atoms with van der Waals surface area (Å²) >= 11 is 0. The largest absolute Gasteiger partial charge is 0.339 e. The number of rotatable bonds is 5. The van der Waals surface area contributed by atoms with Crippen LogP contribution in [-0.2, 0) is 19.5 Å². The van der Waals surface area contributed by atoms with Gasteiger partial charge in [-0.1, -0.05) is 12.1 Å². The minimum absolute atomic E-state index is 0.445. The fraction of sp³-hybridized carbons (Fsp3) is 0.500. The van der Waals surface area contributed by atoms with Crippen LogP contribution >= 0.6 is 0 Å². The molecule has 0 radical (unpaired) electrons. The van der Waals surface area contributed by atoms with Gasteiger partial charge in [-0.2, -0.15) is 4.98 Å². The molecule has 2 heterocycles. The van der Waals surface area contributed by atoms with Gasteiger partial charge in [-0.15, -0.1) is 0 Å². The smallest absolute Gasteiger partial charge is 0.226 e. The molecule has 0 aliphatic rings. The maximum Gasteiger partial charge on any atom is 0.226 e. The highest BCUT2D eigenvalue weighted by molar-refractivity contribution is 4.98. The molecular formula is C10H15N5O. The number of nitrogens with two attached hydrogens (primary N) is 1. The van der Waals surface area contributed by atoms with E-state index in [2.05, 4.69) is 22.0 Å². The lowest BCUT2D eigenvalue weighted by Crippen LogP contribution is -1.99. The number of imidazole rings is 1. The zero-order valence-electron chi connectivity index (χ0n) is 9.26. The molecule has 0 aliphatic heterocycles. The molecule has 0 spiro atoms. The molecule has 16 heavy (non-hydrogen) atoms. The molecule has 0 fully saturated rings. The molecular weight excluding hydrogens is 206 g/mol. The SMILES string of the molecule is CCCc1nc(Cn2cnc(CN)c2)no1. The molecule has 0 bridgehead atoms. The molecule has 6 heteroatoms. The van der Waals surface area contributed by atoms with E-state index in [0.717, 1.165) is 18.5 Å². The first-order valence-electron chi connectivity index (χ1n) is 5.34. The predicted molar refractivity (Wildman–Crippen MR) is 57.5 cm³/mol. The first-order valence-corrected chi connectivity index (χ1v) is 5.34. The van der Waals surface area contributed by atoms with Crippen LogP contribution in [0.4, 0.5) is 0 Å². The Kier molecular flexibility index (Phi) is 3.31. The van der Waals surface area contributed by atoms with Crippen molar-refractivity contribution in [3.05, 3.63) is 29.9 Å². The van der Waals surface area contributed by atoms with E-state index in [0.29, 0.717) is 24.8 Å². The van der Waals surface area contributed by atoms with Crippen LogP contribution in [0.3, 0.4) is 0 Å². The predicted octanol–water partition coefficient (Wildman–Crippen LogP) is 0.726. The summed E-state index contributed by atoms with van der Waals surface area (Å²) in [6, 6.07) is 0. The summed E-state index contributed by atoms with van der Waals surface area (Å²) in [4.78, 5) is 8.40. The number of nitrogens with zero attached hydrogens (tertiary/aromatic N) is 4. The highest BCUT2D eigenvalue weighted by Crippen LogP contribution is 2.03. The van der Waals surface area contributed by atoms with Crippen LogP contribution in [0.25, 0.3) is 0 Å². The third-order valence-electron chi connectivity index (χ3n) is 2.19. The van der Waals surface area contributed by atoms with Gasteiger partial charge in [-0.25, -0.2) is 4.98 Å². The lowest BCUT2D eigenvalue weighted by molar-refractivity contribution is 0.371. The summed E-state index contributed by atoms with van der Waals surface area (Å²) in [6.45, 7) is 3.09. The normalized spacial score (nSPS) is 10.9. The van der Waals surface area contributed by atoms with Gasteiger partial charge in [-0.05, 0) is 6.42 Å². The lowest BCUT2D eigenvalue weighted by atomic mass is 10.3. The first-order chi connectivity index (χ1) is 7.81. The molecule has 0 aliphatic carbocycles. The van der Waals surface area contributed by atoms with Crippen molar-refractivity contribution in [3.63, 3.8) is 0 Å². The second kappa shape index (κ2) is 4.89. The van der Waals surface area contributed by atoms with Crippen LogP contribution in [0.1, 0.15) is 30.8 Å². The maximum atomic E-state index is 5.47. The highest BCUT2D eigenvalue weighted by Gasteiger charge is 2.06. The summed E-state index contributed by atoms with van der Waals surface area (Å²) < 4.78 is 6.98. The molecule has 0 saturated heterocycles. The van der Waals surface area contributed by atoms with Crippen molar-refractivity contribution in [2.24, 2.45) is 5.73 Å². The van der Waals surface area contributed by atoms with Crippen LogP contribution in [-0.4, -0.2) is 19.7 Å². The molecule has 6 nitrogen and oxygen atoms in total. The second-order valence-electron chi connectivity index (χ2n) is 3.60. The van der Waals surface area contributed by atoms with Gasteiger partial charge in [0.25, 0.3) is 0 Å². The summed E-state index contributed by atoms with van der Waals surface area (Å²) in [5.74, 6) is 1.36. The standard InChI is InChI=1S/C10H15N5O/c1-2-3-10-13-9(14-16-10)6-15-5-8(4-11)12-7-15/h5,7H,2-4,6,11H2,1H3. The van der Waals surface area contributed by atoms with Gasteiger partial charge in [0.05, 0.1) is 18.6 Å². The number of aryl methyl sites for hydroxylation is 1. The molecule has 2 rings (SSSR count). The van der Waals surface area contributed by atoms with Crippen LogP contribution in [0.15, 0.2) is 17.0 Å². The van der Waals surface area contributed by atoms with Gasteiger partial charge < -0.3 is 14.8 Å². The Bertz CT molecular complexity index is 448. The molecule has 86 valence electrons. The fourth-order valence-corrected chi connectivity index (χ4v) is 1.43. The topological polar surface area (TPSA) is 82.8 Å². The minimum atomic E-state index is 0.445. The van der Waals surface area contributed by atoms with Gasteiger partial charge in [0, 0.05) is 19.2 Å². The van der Waals surface area contributed by atoms with Gasteiger partial charge in [0.2, 0.25) is 5.89 Å². The minimum Gasteiger partial charge on any atom is -0.339 e. The summed E-state index contributed by atoms with van der Waals surface area (Å²) in [7, 11) is 0. The average molecular weight is 221 g/mol. The molecule has 0 aromatic carbocycles. The Labute approximate surface area is 93.5 Å². The average Bonchev–Trinajstić information content (AvgIpc) is 2.89. The first kappa shape index (κ1) is 10.8. The van der Waals surface area contributed by atoms with Crippen molar-refractivity contribution in [2.45, 2.75) is 32.9 Å². The van der Waals surface area contributed by atoms with E-state index in [4.69, 9.17) is 10.3 Å². The summed E-state index contributed by atoms with van der Waals surface area (Å²) in [6.07, 6.45) is 5.43.